The van der Waals surface area contributed by atoms with E-state index in [0.717, 1.165) is 16.8 Å². The summed E-state index contributed by atoms with van der Waals surface area (Å²) in [5, 5.41) is 11.4. The summed E-state index contributed by atoms with van der Waals surface area (Å²) in [4.78, 5) is 15.6. The summed E-state index contributed by atoms with van der Waals surface area (Å²) in [7, 11) is -1.88. The third-order valence-electron chi connectivity index (χ3n) is 6.43. The number of benzene rings is 2. The molecular weight excluding hydrogens is 428 g/mol. The Balaban J connectivity index is 1.89. The zero-order chi connectivity index (χ0) is 23.0. The molecule has 0 saturated carbocycles. The average molecular weight is 461 g/mol. The lowest BCUT2D eigenvalue weighted by atomic mass is 10.1. The fourth-order valence-corrected chi connectivity index (χ4v) is 4.67. The van der Waals surface area contributed by atoms with Crippen molar-refractivity contribution in [3.8, 4) is 0 Å². The normalized spacial score (nSPS) is 17.0. The summed E-state index contributed by atoms with van der Waals surface area (Å²) >= 11 is 6.27. The van der Waals surface area contributed by atoms with Gasteiger partial charge in [-0.05, 0) is 47.5 Å². The lowest BCUT2D eigenvalue weighted by Crippen LogP contribution is -2.50. The largest absolute Gasteiger partial charge is 0.413 e. The van der Waals surface area contributed by atoms with Crippen LogP contribution >= 0.6 is 11.6 Å². The van der Waals surface area contributed by atoms with Gasteiger partial charge in [0.05, 0.1) is 24.5 Å². The molecule has 1 heterocycles. The Morgan fingerprint density at radius 1 is 1.16 bits per heavy atom. The SMILES string of the molecule is CC(=O)N1c2ccc(Cl)cc2N(Cc2ccccc2CO[Si](C)(C)C(C)(C)C)C[C@@H]1O. The van der Waals surface area contributed by atoms with E-state index in [9.17, 15) is 9.90 Å². The maximum atomic E-state index is 12.1. The van der Waals surface area contributed by atoms with Crippen LogP contribution in [0, 0.1) is 0 Å². The monoisotopic (exact) mass is 460 g/mol. The Hall–Kier alpha value is -1.86. The molecule has 0 aliphatic carbocycles. The molecule has 0 fully saturated rings. The first-order valence-electron chi connectivity index (χ1n) is 10.6. The van der Waals surface area contributed by atoms with Gasteiger partial charge < -0.3 is 14.4 Å². The van der Waals surface area contributed by atoms with Crippen LogP contribution in [0.2, 0.25) is 23.2 Å². The van der Waals surface area contributed by atoms with Gasteiger partial charge in [0, 0.05) is 18.5 Å². The Bertz CT molecular complexity index is 958. The van der Waals surface area contributed by atoms with E-state index in [-0.39, 0.29) is 10.9 Å². The van der Waals surface area contributed by atoms with Crippen molar-refractivity contribution in [2.45, 2.75) is 65.2 Å². The predicted octanol–water partition coefficient (Wildman–Crippen LogP) is 5.55. The van der Waals surface area contributed by atoms with E-state index in [1.54, 1.807) is 12.1 Å². The average Bonchev–Trinajstić information content (AvgIpc) is 2.66. The fourth-order valence-electron chi connectivity index (χ4n) is 3.55. The number of anilines is 2. The first-order chi connectivity index (χ1) is 14.4. The van der Waals surface area contributed by atoms with E-state index in [1.807, 2.05) is 18.2 Å². The quantitative estimate of drug-likeness (QED) is 0.594. The third kappa shape index (κ3) is 5.14. The van der Waals surface area contributed by atoms with Gasteiger partial charge in [0.1, 0.15) is 0 Å². The minimum absolute atomic E-state index is 0.144. The number of hydrogen-bond donors (Lipinski definition) is 1. The first kappa shape index (κ1) is 23.8. The standard InChI is InChI=1S/C24H33ClN2O3Si/c1-17(28)27-21-12-11-20(25)13-22(21)26(15-23(27)29)14-18-9-7-8-10-19(18)16-30-31(5,6)24(2,3)4/h7-13,23,29H,14-16H2,1-6H3/t23-/m0/s1. The van der Waals surface area contributed by atoms with Gasteiger partial charge in [-0.15, -0.1) is 0 Å². The number of halogens is 1. The molecule has 0 bridgehead atoms. The Labute approximate surface area is 191 Å². The van der Waals surface area contributed by atoms with Crippen LogP contribution in [-0.4, -0.2) is 32.1 Å². The third-order valence-corrected chi connectivity index (χ3v) is 11.1. The van der Waals surface area contributed by atoms with E-state index in [4.69, 9.17) is 16.0 Å². The van der Waals surface area contributed by atoms with Crippen LogP contribution in [0.25, 0.3) is 0 Å². The summed E-state index contributed by atoms with van der Waals surface area (Å²) in [5.41, 5.74) is 3.79. The van der Waals surface area contributed by atoms with Crippen LogP contribution in [-0.2, 0) is 22.4 Å². The molecule has 0 aromatic heterocycles. The molecule has 1 aliphatic rings. The van der Waals surface area contributed by atoms with E-state index in [0.29, 0.717) is 30.4 Å². The summed E-state index contributed by atoms with van der Waals surface area (Å²) in [6, 6.07) is 13.6. The molecule has 0 spiro atoms. The number of aliphatic hydroxyl groups excluding tert-OH is 1. The molecular formula is C24H33ClN2O3Si. The Morgan fingerprint density at radius 3 is 2.42 bits per heavy atom. The van der Waals surface area contributed by atoms with Crippen molar-refractivity contribution in [2.75, 3.05) is 16.3 Å². The molecule has 0 unspecified atom stereocenters. The van der Waals surface area contributed by atoms with Crippen molar-refractivity contribution in [1.82, 2.24) is 0 Å². The second-order valence-electron chi connectivity index (χ2n) is 9.70. The maximum absolute atomic E-state index is 12.1. The van der Waals surface area contributed by atoms with Gasteiger partial charge in [0.25, 0.3) is 0 Å². The highest BCUT2D eigenvalue weighted by Crippen LogP contribution is 2.39. The minimum Gasteiger partial charge on any atom is -0.413 e. The van der Waals surface area contributed by atoms with Crippen LogP contribution in [0.3, 0.4) is 0 Å². The highest BCUT2D eigenvalue weighted by molar-refractivity contribution is 6.74. The van der Waals surface area contributed by atoms with Crippen LogP contribution < -0.4 is 9.80 Å². The molecule has 5 nitrogen and oxygen atoms in total. The number of nitrogens with zero attached hydrogens (tertiary/aromatic N) is 2. The molecule has 168 valence electrons. The predicted molar refractivity (Wildman–Crippen MR) is 130 cm³/mol. The highest BCUT2D eigenvalue weighted by Gasteiger charge is 2.37. The van der Waals surface area contributed by atoms with Gasteiger partial charge in [-0.25, -0.2) is 0 Å². The molecule has 1 aliphatic heterocycles. The van der Waals surface area contributed by atoms with Crippen LogP contribution in [0.1, 0.15) is 38.8 Å². The number of aliphatic hydroxyl groups is 1. The summed E-state index contributed by atoms with van der Waals surface area (Å²) in [6.07, 6.45) is -0.915. The molecule has 7 heteroatoms. The maximum Gasteiger partial charge on any atom is 0.226 e. The summed E-state index contributed by atoms with van der Waals surface area (Å²) in [5.74, 6) is -0.195. The molecule has 3 rings (SSSR count). The van der Waals surface area contributed by atoms with E-state index in [2.05, 4.69) is 50.9 Å². The van der Waals surface area contributed by atoms with E-state index in [1.165, 1.54) is 11.8 Å². The number of fused-ring (bicyclic) bond motifs is 1. The van der Waals surface area contributed by atoms with Crippen molar-refractivity contribution in [3.63, 3.8) is 0 Å². The minimum atomic E-state index is -1.88. The Morgan fingerprint density at radius 2 is 1.81 bits per heavy atom. The van der Waals surface area contributed by atoms with E-state index >= 15 is 0 Å². The van der Waals surface area contributed by atoms with Crippen molar-refractivity contribution in [3.05, 3.63) is 58.6 Å². The zero-order valence-electron chi connectivity index (χ0n) is 19.3. The lowest BCUT2D eigenvalue weighted by Gasteiger charge is -2.41. The summed E-state index contributed by atoms with van der Waals surface area (Å²) in [6.45, 7) is 14.1. The highest BCUT2D eigenvalue weighted by atomic mass is 35.5. The Kier molecular flexibility index (Phi) is 6.86. The summed E-state index contributed by atoms with van der Waals surface area (Å²) < 4.78 is 6.47. The topological polar surface area (TPSA) is 53.0 Å². The van der Waals surface area contributed by atoms with Gasteiger partial charge in [0.2, 0.25) is 5.91 Å². The van der Waals surface area contributed by atoms with E-state index < -0.39 is 14.5 Å². The van der Waals surface area contributed by atoms with Gasteiger partial charge >= 0.3 is 0 Å². The molecule has 1 atom stereocenters. The molecule has 0 saturated heterocycles. The van der Waals surface area contributed by atoms with Crippen LogP contribution in [0.5, 0.6) is 0 Å². The smallest absolute Gasteiger partial charge is 0.226 e. The van der Waals surface area contributed by atoms with Crippen LogP contribution in [0.4, 0.5) is 11.4 Å². The van der Waals surface area contributed by atoms with Gasteiger partial charge in [-0.2, -0.15) is 0 Å². The van der Waals surface area contributed by atoms with Gasteiger partial charge in [-0.1, -0.05) is 56.6 Å². The van der Waals surface area contributed by atoms with Crippen molar-refractivity contribution >= 4 is 37.2 Å². The molecule has 1 N–H and O–H groups in total. The number of carbonyl (C=O) groups is 1. The van der Waals surface area contributed by atoms with Crippen molar-refractivity contribution < 1.29 is 14.3 Å². The second-order valence-corrected chi connectivity index (χ2v) is 14.9. The number of hydrogen-bond acceptors (Lipinski definition) is 4. The van der Waals surface area contributed by atoms with Crippen molar-refractivity contribution in [1.29, 1.82) is 0 Å². The molecule has 2 aromatic rings. The fraction of sp³-hybridized carbons (Fsp3) is 0.458. The number of amides is 1. The van der Waals surface area contributed by atoms with Gasteiger partial charge in [-0.3, -0.25) is 9.69 Å². The molecule has 31 heavy (non-hydrogen) atoms. The second kappa shape index (κ2) is 8.94. The first-order valence-corrected chi connectivity index (χ1v) is 13.9. The van der Waals surface area contributed by atoms with Crippen molar-refractivity contribution in [2.24, 2.45) is 0 Å². The number of rotatable bonds is 5. The molecule has 0 radical (unpaired) electrons. The zero-order valence-corrected chi connectivity index (χ0v) is 21.0. The molecule has 2 aromatic carbocycles. The van der Waals surface area contributed by atoms with Crippen LogP contribution in [0.15, 0.2) is 42.5 Å². The molecule has 1 amide bonds. The number of carbonyl (C=O) groups excluding carboxylic acids is 1. The van der Waals surface area contributed by atoms with Gasteiger partial charge in [0.15, 0.2) is 14.5 Å². The lowest BCUT2D eigenvalue weighted by molar-refractivity contribution is -0.118. The number of β-amino-alcohol motifs (C(OH)–C–C–N with tert-alkyl or cyclic N) is 1.